The van der Waals surface area contributed by atoms with Crippen molar-refractivity contribution in [3.05, 3.63) is 34.6 Å². The molecule has 0 aliphatic heterocycles. The van der Waals surface area contributed by atoms with E-state index in [0.717, 1.165) is 0 Å². The zero-order valence-electron chi connectivity index (χ0n) is 5.76. The van der Waals surface area contributed by atoms with Gasteiger partial charge in [0.25, 0.3) is 0 Å². The number of nitrogens with one attached hydrogen (secondary N) is 1. The van der Waals surface area contributed by atoms with Gasteiger partial charge in [-0.15, -0.1) is 6.07 Å². The molecule has 1 aromatic heterocycles. The van der Waals surface area contributed by atoms with Crippen molar-refractivity contribution in [2.75, 3.05) is 0 Å². The van der Waals surface area contributed by atoms with E-state index in [4.69, 9.17) is 4.52 Å². The third-order valence-electron chi connectivity index (χ3n) is 1.32. The van der Waals surface area contributed by atoms with Crippen LogP contribution in [0.1, 0.15) is 0 Å². The standard InChI is InChI=1S/C7H4NO2.Bh/c9-7-5-3-1-2-4-6(5)10-8-7;/h2-4H,(H,8,9);/q-1;. The summed E-state index contributed by atoms with van der Waals surface area (Å²) in [6.07, 6.45) is 0. The molecule has 0 amide bonds. The van der Waals surface area contributed by atoms with Gasteiger partial charge in [-0.2, -0.15) is 23.4 Å². The van der Waals surface area contributed by atoms with Gasteiger partial charge in [0, 0.05) is 0 Å². The molecule has 0 fully saturated rings. The van der Waals surface area contributed by atoms with Gasteiger partial charge >= 0.3 is 0 Å². The third-order valence-corrected chi connectivity index (χ3v) is 1.32. The fourth-order valence-corrected chi connectivity index (χ4v) is 0.839. The molecule has 52 valence electrons. The first-order valence-electron chi connectivity index (χ1n) is 2.85. The van der Waals surface area contributed by atoms with E-state index in [1.807, 2.05) is 0 Å². The van der Waals surface area contributed by atoms with Gasteiger partial charge in [0.15, 0.2) is 0 Å². The first-order valence-corrected chi connectivity index (χ1v) is 2.85. The molecule has 1 N–H and O–H groups in total. The van der Waals surface area contributed by atoms with Gasteiger partial charge in [0.2, 0.25) is 5.56 Å². The molecular formula is C7H4BhNO2-. The van der Waals surface area contributed by atoms with Crippen LogP contribution in [-0.4, -0.2) is 5.16 Å². The van der Waals surface area contributed by atoms with Crippen LogP contribution in [0, 0.1) is 6.07 Å². The number of hydrogen-bond acceptors (Lipinski definition) is 2. The van der Waals surface area contributed by atoms with Gasteiger partial charge in [-0.1, -0.05) is 0 Å². The summed E-state index contributed by atoms with van der Waals surface area (Å²) in [7, 11) is 0. The van der Waals surface area contributed by atoms with Gasteiger partial charge in [0.05, 0.1) is 5.58 Å². The van der Waals surface area contributed by atoms with Crippen LogP contribution in [0.15, 0.2) is 27.5 Å². The second kappa shape index (κ2) is 2.02. The van der Waals surface area contributed by atoms with E-state index in [9.17, 15) is 4.79 Å². The SMILES string of the molecule is O=c1[nH]oc2cc[c-]cc12.[Bh]. The molecule has 0 spiro atoms. The molecule has 0 atom stereocenters. The first kappa shape index (κ1) is 6.61. The minimum Gasteiger partial charge on any atom is -0.406 e. The smallest absolute Gasteiger partial charge is 0.231 e. The molecule has 1 aromatic carbocycles. The topological polar surface area (TPSA) is 46.0 Å². The molecule has 0 aliphatic carbocycles. The maximum Gasteiger partial charge on any atom is 0.231 e. The van der Waals surface area contributed by atoms with Crippen LogP contribution in [0.25, 0.3) is 11.0 Å². The Labute approximate surface area is 56.2 Å². The Bertz CT molecular complexity index is 404. The van der Waals surface area contributed by atoms with Crippen molar-refractivity contribution < 1.29 is 4.52 Å². The minimum absolute atomic E-state index is 0. The molecule has 0 radical (unpaired) electrons. The monoisotopic (exact) mass is 404 g/mol. The number of H-pyrrole nitrogens is 1. The predicted molar refractivity (Wildman–Crippen MR) is 35.7 cm³/mol. The van der Waals surface area contributed by atoms with Crippen molar-refractivity contribution in [2.45, 2.75) is 0 Å². The van der Waals surface area contributed by atoms with E-state index in [-0.39, 0.29) is 5.56 Å². The summed E-state index contributed by atoms with van der Waals surface area (Å²) in [5, 5.41) is 2.77. The number of fused-ring (bicyclic) bond motifs is 1. The van der Waals surface area contributed by atoms with Crippen LogP contribution in [-0.2, 0) is 0 Å². The quantitative estimate of drug-likeness (QED) is 0.665. The van der Waals surface area contributed by atoms with E-state index in [0.29, 0.717) is 11.0 Å². The number of aromatic nitrogens is 1. The minimum atomic E-state index is -0.202. The average molecular weight is 404 g/mol. The Morgan fingerprint density at radius 2 is 2.36 bits per heavy atom. The van der Waals surface area contributed by atoms with Crippen LogP contribution in [0.2, 0.25) is 0 Å². The molecule has 4 heteroatoms. The van der Waals surface area contributed by atoms with Gasteiger partial charge < -0.3 is 4.52 Å². The normalized spacial score (nSPS) is 9.45. The van der Waals surface area contributed by atoms with Crippen molar-refractivity contribution in [3.63, 3.8) is 0 Å². The molecule has 1 heterocycles. The summed E-state index contributed by atoms with van der Waals surface area (Å²) in [6, 6.07) is 7.76. The van der Waals surface area contributed by atoms with E-state index >= 15 is 0 Å². The summed E-state index contributed by atoms with van der Waals surface area (Å²) in [6.45, 7) is 0. The first-order chi connectivity index (χ1) is 4.88. The molecule has 0 bridgehead atoms. The number of hydrogen-bond donors (Lipinski definition) is 1. The zero-order chi connectivity index (χ0) is 6.97. The van der Waals surface area contributed by atoms with Gasteiger partial charge in [0.1, 0.15) is 0 Å². The van der Waals surface area contributed by atoms with Crippen molar-refractivity contribution in [3.8, 4) is 0 Å². The molecule has 0 unspecified atom stereocenters. The number of rotatable bonds is 0. The van der Waals surface area contributed by atoms with E-state index in [1.54, 1.807) is 18.2 Å². The van der Waals surface area contributed by atoms with Crippen molar-refractivity contribution >= 4 is 11.0 Å². The van der Waals surface area contributed by atoms with E-state index < -0.39 is 0 Å². The maximum absolute atomic E-state index is 10.8. The van der Waals surface area contributed by atoms with Crippen molar-refractivity contribution in [2.24, 2.45) is 0 Å². The van der Waals surface area contributed by atoms with E-state index in [1.165, 1.54) is 0 Å². The fraction of sp³-hybridized carbons (Fsp3) is 0. The number of benzene rings is 1. The Morgan fingerprint density at radius 1 is 1.55 bits per heavy atom. The largest absolute Gasteiger partial charge is 0.406 e. The maximum atomic E-state index is 10.8. The van der Waals surface area contributed by atoms with Crippen LogP contribution in [0.5, 0.6) is 0 Å². The Balaban J connectivity index is 0.000000605. The summed E-state index contributed by atoms with van der Waals surface area (Å²) in [5.41, 5.74) is 0.371. The summed E-state index contributed by atoms with van der Waals surface area (Å²) >= 11 is 0. The van der Waals surface area contributed by atoms with Gasteiger partial charge in [-0.25, -0.2) is 0 Å². The fourth-order valence-electron chi connectivity index (χ4n) is 0.839. The van der Waals surface area contributed by atoms with E-state index in [2.05, 4.69) is 11.2 Å². The molecule has 3 nitrogen and oxygen atoms in total. The van der Waals surface area contributed by atoms with Crippen molar-refractivity contribution in [1.29, 1.82) is 0 Å². The molecular weight excluding hydrogens is 400 g/mol. The summed E-state index contributed by atoms with van der Waals surface area (Å²) in [5.74, 6) is 0. The Kier molecular flexibility index (Phi) is 1.21. The van der Waals surface area contributed by atoms with Crippen LogP contribution in [0.3, 0.4) is 0 Å². The van der Waals surface area contributed by atoms with Crippen LogP contribution < -0.4 is 5.56 Å². The predicted octanol–water partition coefficient (Wildman–Crippen LogP) is 0.921. The zero-order valence-corrected chi connectivity index (χ0v) is 12.3. The Hall–Kier alpha value is -2.51. The average Bonchev–Trinajstić information content (AvgIpc) is 2.34. The van der Waals surface area contributed by atoms with Gasteiger partial charge in [-0.3, -0.25) is 4.79 Å². The molecule has 0 saturated heterocycles. The second-order valence-corrected chi connectivity index (χ2v) is 1.96. The van der Waals surface area contributed by atoms with Crippen molar-refractivity contribution in [1.82, 2.24) is 5.16 Å². The molecule has 11 heavy (non-hydrogen) atoms. The van der Waals surface area contributed by atoms with Crippen LogP contribution in [0.4, 0.5) is 0 Å². The molecule has 2 aromatic rings. The summed E-state index contributed by atoms with van der Waals surface area (Å²) < 4.78 is 4.79. The number of aromatic amines is 1. The van der Waals surface area contributed by atoms with Gasteiger partial charge in [-0.05, 0) is 5.39 Å². The molecule has 0 saturated carbocycles. The van der Waals surface area contributed by atoms with Crippen LogP contribution >= 0.6 is 0 Å². The second-order valence-electron chi connectivity index (χ2n) is 1.96. The Morgan fingerprint density at radius 3 is 3.09 bits per heavy atom. The molecule has 2 rings (SSSR count). The third kappa shape index (κ3) is 0.738. The summed E-state index contributed by atoms with van der Waals surface area (Å²) in [4.78, 5) is 10.8. The molecule has 0 aliphatic rings.